The van der Waals surface area contributed by atoms with Gasteiger partial charge in [-0.1, -0.05) is 18.2 Å². The molecule has 6 atom stereocenters. The van der Waals surface area contributed by atoms with E-state index in [1.807, 2.05) is 6.08 Å². The Hall–Kier alpha value is -1.56. The van der Waals surface area contributed by atoms with Gasteiger partial charge in [0.1, 0.15) is 12.2 Å². The van der Waals surface area contributed by atoms with E-state index >= 15 is 0 Å². The maximum absolute atomic E-state index is 11.1. The van der Waals surface area contributed by atoms with Crippen molar-refractivity contribution in [2.75, 3.05) is 20.6 Å². The van der Waals surface area contributed by atoms with E-state index in [-0.39, 0.29) is 5.92 Å². The molecule has 1 spiro atoms. The van der Waals surface area contributed by atoms with Crippen molar-refractivity contribution < 1.29 is 23.8 Å². The Bertz CT molecular complexity index is 810. The van der Waals surface area contributed by atoms with E-state index in [0.717, 1.165) is 5.56 Å². The van der Waals surface area contributed by atoms with Gasteiger partial charge in [0.25, 0.3) is 0 Å². The molecule has 0 unspecified atom stereocenters. The number of hydrogen-bond donors (Lipinski definition) is 2. The van der Waals surface area contributed by atoms with Gasteiger partial charge in [-0.3, -0.25) is 4.90 Å². The summed E-state index contributed by atoms with van der Waals surface area (Å²) in [6, 6.07) is 2.95. The molecule has 1 aromatic rings. The normalized spacial score (nSPS) is 45.5. The molecular weight excluding hydrogens is 294 g/mol. The highest BCUT2D eigenvalue weighted by atomic mass is 16.5. The molecule has 2 bridgehead atoms. The molecule has 0 aromatic heterocycles. The fourth-order valence-corrected chi connectivity index (χ4v) is 5.25. The Balaban J connectivity index is 1.80. The van der Waals surface area contributed by atoms with Gasteiger partial charge in [-0.05, 0) is 31.6 Å². The van der Waals surface area contributed by atoms with Crippen molar-refractivity contribution in [3.8, 4) is 11.5 Å². The number of ether oxygens (including phenoxy) is 2. The van der Waals surface area contributed by atoms with Crippen molar-refractivity contribution in [3.63, 3.8) is 0 Å². The molecule has 4 aliphatic rings. The maximum Gasteiger partial charge on any atom is 0.166 e. The molecule has 122 valence electrons. The van der Waals surface area contributed by atoms with Crippen molar-refractivity contribution in [1.82, 2.24) is 4.90 Å². The number of hydrogen-bond acceptors (Lipinski definition) is 5. The third kappa shape index (κ3) is 1.40. The number of aliphatic hydroxyl groups is 2. The molecule has 1 fully saturated rings. The van der Waals surface area contributed by atoms with Gasteiger partial charge in [-0.2, -0.15) is 0 Å². The van der Waals surface area contributed by atoms with Crippen LogP contribution in [0.3, 0.4) is 0 Å². The van der Waals surface area contributed by atoms with Gasteiger partial charge in [0.15, 0.2) is 11.5 Å². The van der Waals surface area contributed by atoms with Crippen LogP contribution in [0.15, 0.2) is 24.3 Å². The molecule has 23 heavy (non-hydrogen) atoms. The summed E-state index contributed by atoms with van der Waals surface area (Å²) >= 11 is 0. The van der Waals surface area contributed by atoms with E-state index in [0.29, 0.717) is 30.0 Å². The molecule has 2 aliphatic carbocycles. The van der Waals surface area contributed by atoms with Crippen LogP contribution in [0.4, 0.5) is 0 Å². The number of rotatable bonds is 1. The number of nitrogens with zero attached hydrogens (tertiary/aromatic N) is 1. The van der Waals surface area contributed by atoms with E-state index in [4.69, 9.17) is 13.6 Å². The van der Waals surface area contributed by atoms with Crippen molar-refractivity contribution in [2.24, 2.45) is 5.92 Å². The van der Waals surface area contributed by atoms with Gasteiger partial charge in [0.05, 0.1) is 13.2 Å². The van der Waals surface area contributed by atoms with E-state index in [1.165, 1.54) is 4.90 Å². The predicted octanol–water partition coefficient (Wildman–Crippen LogP) is 0.992. The summed E-state index contributed by atoms with van der Waals surface area (Å²) in [5.41, 5.74) is 1.02. The first-order chi connectivity index (χ1) is 12.3. The number of methoxy groups -OCH3 is 1. The summed E-state index contributed by atoms with van der Waals surface area (Å²) in [5.74, 6) is 0.894. The summed E-state index contributed by atoms with van der Waals surface area (Å²) in [4.78, 5) is 1.43. The number of piperidine rings is 1. The second-order valence-electron chi connectivity index (χ2n) is 6.92. The maximum atomic E-state index is 11.1. The second kappa shape index (κ2) is 4.29. The molecule has 2 aliphatic heterocycles. The predicted molar refractivity (Wildman–Crippen MR) is 83.7 cm³/mol. The van der Waals surface area contributed by atoms with Crippen molar-refractivity contribution in [2.45, 2.75) is 36.2 Å². The van der Waals surface area contributed by atoms with Gasteiger partial charge < -0.3 is 19.7 Å². The first-order valence-electron chi connectivity index (χ1n) is 9.50. The fraction of sp³-hybridized carbons (Fsp3) is 0.556. The monoisotopic (exact) mass is 318 g/mol. The zero-order valence-electron chi connectivity index (χ0n) is 15.8. The van der Waals surface area contributed by atoms with Gasteiger partial charge in [0, 0.05) is 27.1 Å². The third-order valence-corrected chi connectivity index (χ3v) is 6.15. The van der Waals surface area contributed by atoms with Crippen LogP contribution in [-0.4, -0.2) is 54.0 Å². The van der Waals surface area contributed by atoms with Gasteiger partial charge in [-0.25, -0.2) is 0 Å². The fourth-order valence-electron chi connectivity index (χ4n) is 5.25. The third-order valence-electron chi connectivity index (χ3n) is 6.15. The van der Waals surface area contributed by atoms with Crippen LogP contribution < -0.4 is 9.47 Å². The van der Waals surface area contributed by atoms with Crippen LogP contribution in [0.1, 0.15) is 27.8 Å². The van der Waals surface area contributed by atoms with Crippen molar-refractivity contribution in [3.05, 3.63) is 35.4 Å². The molecule has 1 saturated heterocycles. The Labute approximate surface area is 139 Å². The quantitative estimate of drug-likeness (QED) is 0.756. The Morgan fingerprint density at radius 2 is 2.26 bits per heavy atom. The smallest absolute Gasteiger partial charge is 0.166 e. The summed E-state index contributed by atoms with van der Waals surface area (Å²) in [7, 11) is 1.56. The van der Waals surface area contributed by atoms with E-state index in [2.05, 4.69) is 0 Å². The molecule has 0 saturated carbocycles. The van der Waals surface area contributed by atoms with Crippen LogP contribution >= 0.6 is 0 Å². The summed E-state index contributed by atoms with van der Waals surface area (Å²) in [5, 5.41) is 21.7. The number of likely N-dealkylation sites (N-methyl/N-ethyl adjacent to an activating group) is 1. The highest BCUT2D eigenvalue weighted by molar-refractivity contribution is 5.62. The van der Waals surface area contributed by atoms with Crippen molar-refractivity contribution in [1.29, 1.82) is 0 Å². The molecule has 0 radical (unpaired) electrons. The summed E-state index contributed by atoms with van der Waals surface area (Å²) in [6.07, 6.45) is 1.84. The van der Waals surface area contributed by atoms with Gasteiger partial charge in [0.2, 0.25) is 0 Å². The lowest BCUT2D eigenvalue weighted by molar-refractivity contribution is -0.0823. The van der Waals surface area contributed by atoms with E-state index in [1.54, 1.807) is 25.3 Å². The second-order valence-corrected chi connectivity index (χ2v) is 6.92. The minimum atomic E-state index is -2.29. The van der Waals surface area contributed by atoms with Crippen LogP contribution in [0.5, 0.6) is 11.5 Å². The highest BCUT2D eigenvalue weighted by Gasteiger charge is 2.66. The Morgan fingerprint density at radius 1 is 1.39 bits per heavy atom. The number of likely N-dealkylation sites (tertiary alicyclic amines) is 1. The lowest BCUT2D eigenvalue weighted by Gasteiger charge is -2.57. The Morgan fingerprint density at radius 3 is 3.04 bits per heavy atom. The zero-order chi connectivity index (χ0) is 18.4. The largest absolute Gasteiger partial charge is 0.493 e. The van der Waals surface area contributed by atoms with Gasteiger partial charge in [-0.15, -0.1) is 0 Å². The SMILES string of the molecule is [2H]C([2H])([2H])N1CC[C@]23c4c5ccc(OC)c4O[C@H]2[C@@H](O)C=C[C@H]3[C@H]1[C@H]5O. The summed E-state index contributed by atoms with van der Waals surface area (Å²) in [6.45, 7) is -1.98. The summed E-state index contributed by atoms with van der Waals surface area (Å²) < 4.78 is 35.4. The van der Waals surface area contributed by atoms with E-state index in [9.17, 15) is 10.2 Å². The first kappa shape index (κ1) is 11.1. The first-order valence-corrected chi connectivity index (χ1v) is 8.00. The molecule has 5 nitrogen and oxygen atoms in total. The molecule has 5 rings (SSSR count). The van der Waals surface area contributed by atoms with Crippen LogP contribution in [0, 0.1) is 5.92 Å². The highest BCUT2D eigenvalue weighted by Crippen LogP contribution is 2.64. The lowest BCUT2D eigenvalue weighted by Crippen LogP contribution is -2.65. The molecule has 2 heterocycles. The van der Waals surface area contributed by atoms with Crippen LogP contribution in [0.25, 0.3) is 0 Å². The standard InChI is InChI=1S/C18H21NO4/c1-19-8-7-18-10-4-5-11(20)17(18)23-16-12(22-2)6-3-9(13(16)18)15(21)14(10)19/h3-6,10-11,14-15,17,20-21H,7-8H2,1-2H3/t10-,11-,14-,15-,17-,18-/m0/s1/i1D3. The Kier molecular flexibility index (Phi) is 2.07. The average Bonchev–Trinajstić information content (AvgIpc) is 2.94. The topological polar surface area (TPSA) is 62.2 Å². The van der Waals surface area contributed by atoms with Crippen LogP contribution in [-0.2, 0) is 5.41 Å². The van der Waals surface area contributed by atoms with Crippen molar-refractivity contribution >= 4 is 0 Å². The lowest BCUT2D eigenvalue weighted by atomic mass is 9.52. The van der Waals surface area contributed by atoms with E-state index < -0.39 is 36.7 Å². The van der Waals surface area contributed by atoms with Gasteiger partial charge >= 0.3 is 0 Å². The minimum absolute atomic E-state index is 0.249. The zero-order valence-corrected chi connectivity index (χ0v) is 12.8. The molecule has 0 amide bonds. The molecule has 2 N–H and O–H groups in total. The molecular formula is C18H21NO4. The van der Waals surface area contributed by atoms with Crippen LogP contribution in [0.2, 0.25) is 0 Å². The average molecular weight is 318 g/mol. The molecule has 1 aromatic carbocycles. The minimum Gasteiger partial charge on any atom is -0.493 e. The number of benzene rings is 1. The molecule has 5 heteroatoms. The number of aliphatic hydroxyl groups excluding tert-OH is 2.